The van der Waals surface area contributed by atoms with Gasteiger partial charge in [0.1, 0.15) is 0 Å². The van der Waals surface area contributed by atoms with Crippen LogP contribution in [0.15, 0.2) is 0 Å². The van der Waals surface area contributed by atoms with Crippen molar-refractivity contribution in [3.63, 3.8) is 0 Å². The van der Waals surface area contributed by atoms with Crippen molar-refractivity contribution in [1.82, 2.24) is 20.4 Å². The first kappa shape index (κ1) is 7.90. The van der Waals surface area contributed by atoms with Crippen molar-refractivity contribution in [1.29, 1.82) is 0 Å². The summed E-state index contributed by atoms with van der Waals surface area (Å²) in [5.74, 6) is 0.487. The van der Waals surface area contributed by atoms with Crippen LogP contribution in [0.4, 0.5) is 10.6 Å². The number of H-pyrrole nitrogens is 1. The van der Waals surface area contributed by atoms with Crippen LogP contribution in [0.25, 0.3) is 0 Å². The Morgan fingerprint density at radius 3 is 3.08 bits per heavy atom. The Balaban J connectivity index is 2.18. The van der Waals surface area contributed by atoms with Gasteiger partial charge in [0, 0.05) is 12.6 Å². The van der Waals surface area contributed by atoms with E-state index < -0.39 is 0 Å². The number of urea groups is 1. The lowest BCUT2D eigenvalue weighted by atomic mass is 10.3. The van der Waals surface area contributed by atoms with Gasteiger partial charge in [-0.1, -0.05) is 0 Å². The number of nitrogens with two attached hydrogens (primary N) is 1. The molecule has 6 heteroatoms. The van der Waals surface area contributed by atoms with Crippen LogP contribution in [-0.2, 0) is 13.1 Å². The Bertz CT molecular complexity index is 345. The number of fused-ring (bicyclic) bond motifs is 1. The summed E-state index contributed by atoms with van der Waals surface area (Å²) >= 11 is 0. The largest absolute Gasteiger partial charge is 0.382 e. The molecule has 2 rings (SSSR count). The maximum Gasteiger partial charge on any atom is 0.317 e. The number of carbonyl (C=O) groups excluding carboxylic acids is 1. The highest BCUT2D eigenvalue weighted by Gasteiger charge is 2.26. The monoisotopic (exact) mass is 181 g/mol. The number of amides is 2. The molecule has 1 aromatic heterocycles. The second-order valence-corrected chi connectivity index (χ2v) is 2.98. The van der Waals surface area contributed by atoms with Crippen LogP contribution in [0.2, 0.25) is 0 Å². The maximum absolute atomic E-state index is 11.2. The first-order chi connectivity index (χ1) is 6.22. The summed E-state index contributed by atoms with van der Waals surface area (Å²) in [6.45, 7) is 1.09. The van der Waals surface area contributed by atoms with Crippen molar-refractivity contribution in [3.8, 4) is 0 Å². The number of nitrogen functional groups attached to an aromatic ring is 1. The number of aromatic amines is 1. The average molecular weight is 181 g/mol. The van der Waals surface area contributed by atoms with Crippen molar-refractivity contribution in [2.24, 2.45) is 0 Å². The summed E-state index contributed by atoms with van der Waals surface area (Å²) in [4.78, 5) is 12.9. The number of nitrogens with one attached hydrogen (secondary N) is 2. The number of hydrogen-bond acceptors (Lipinski definition) is 3. The van der Waals surface area contributed by atoms with Gasteiger partial charge in [0.2, 0.25) is 0 Å². The van der Waals surface area contributed by atoms with Crippen LogP contribution >= 0.6 is 0 Å². The molecule has 0 spiro atoms. The molecule has 0 aliphatic carbocycles. The zero-order valence-corrected chi connectivity index (χ0v) is 7.29. The second-order valence-electron chi connectivity index (χ2n) is 2.98. The lowest BCUT2D eigenvalue weighted by Crippen LogP contribution is -2.34. The molecule has 1 aromatic rings. The summed E-state index contributed by atoms with van der Waals surface area (Å²) in [6, 6.07) is -0.0935. The predicted molar refractivity (Wildman–Crippen MR) is 46.7 cm³/mol. The Morgan fingerprint density at radius 2 is 2.46 bits per heavy atom. The van der Waals surface area contributed by atoms with Crippen LogP contribution < -0.4 is 11.1 Å². The van der Waals surface area contributed by atoms with E-state index in [1.54, 1.807) is 11.9 Å². The fourth-order valence-corrected chi connectivity index (χ4v) is 1.46. The van der Waals surface area contributed by atoms with Gasteiger partial charge in [-0.05, 0) is 0 Å². The zero-order valence-electron chi connectivity index (χ0n) is 7.29. The van der Waals surface area contributed by atoms with Crippen LogP contribution in [0.5, 0.6) is 0 Å². The van der Waals surface area contributed by atoms with E-state index in [9.17, 15) is 4.79 Å². The maximum atomic E-state index is 11.2. The molecule has 0 unspecified atom stereocenters. The summed E-state index contributed by atoms with van der Waals surface area (Å²) < 4.78 is 0. The van der Waals surface area contributed by atoms with E-state index in [0.29, 0.717) is 18.9 Å². The molecule has 0 atom stereocenters. The topological polar surface area (TPSA) is 87.0 Å². The molecule has 13 heavy (non-hydrogen) atoms. The van der Waals surface area contributed by atoms with Gasteiger partial charge in [-0.3, -0.25) is 5.10 Å². The van der Waals surface area contributed by atoms with Crippen molar-refractivity contribution in [2.75, 3.05) is 12.8 Å². The Hall–Kier alpha value is -1.72. The van der Waals surface area contributed by atoms with E-state index in [2.05, 4.69) is 15.5 Å². The minimum Gasteiger partial charge on any atom is -0.382 e. The average Bonchev–Trinajstić information content (AvgIpc) is 2.67. The van der Waals surface area contributed by atoms with Gasteiger partial charge >= 0.3 is 6.03 Å². The van der Waals surface area contributed by atoms with E-state index >= 15 is 0 Å². The summed E-state index contributed by atoms with van der Waals surface area (Å²) in [5.41, 5.74) is 7.46. The van der Waals surface area contributed by atoms with E-state index in [4.69, 9.17) is 5.73 Å². The van der Waals surface area contributed by atoms with Gasteiger partial charge in [0.15, 0.2) is 5.82 Å². The van der Waals surface area contributed by atoms with E-state index in [1.165, 1.54) is 0 Å². The molecule has 2 amide bonds. The SMILES string of the molecule is CNC(=O)N1Cc2[nH]nc(N)c2C1. The molecule has 0 radical (unpaired) electrons. The van der Waals surface area contributed by atoms with Gasteiger partial charge in [-0.25, -0.2) is 4.79 Å². The molecule has 6 nitrogen and oxygen atoms in total. The number of nitrogens with zero attached hydrogens (tertiary/aromatic N) is 2. The van der Waals surface area contributed by atoms with Crippen molar-refractivity contribution >= 4 is 11.8 Å². The number of aromatic nitrogens is 2. The van der Waals surface area contributed by atoms with E-state index in [1.807, 2.05) is 0 Å². The van der Waals surface area contributed by atoms with Crippen LogP contribution in [0.1, 0.15) is 11.3 Å². The molecular formula is C7H11N5O. The molecule has 0 saturated carbocycles. The molecule has 0 bridgehead atoms. The van der Waals surface area contributed by atoms with E-state index in [0.717, 1.165) is 11.3 Å². The zero-order chi connectivity index (χ0) is 9.42. The normalized spacial score (nSPS) is 14.4. The lowest BCUT2D eigenvalue weighted by Gasteiger charge is -2.13. The number of hydrogen-bond donors (Lipinski definition) is 3. The van der Waals surface area contributed by atoms with Crippen LogP contribution in [0.3, 0.4) is 0 Å². The third-order valence-corrected chi connectivity index (χ3v) is 2.18. The molecule has 70 valence electrons. The highest BCUT2D eigenvalue weighted by molar-refractivity contribution is 5.75. The van der Waals surface area contributed by atoms with Gasteiger partial charge < -0.3 is 16.0 Å². The molecule has 1 aliphatic heterocycles. The summed E-state index contributed by atoms with van der Waals surface area (Å²) in [6.07, 6.45) is 0. The summed E-state index contributed by atoms with van der Waals surface area (Å²) in [5, 5.41) is 9.21. The third kappa shape index (κ3) is 1.10. The van der Waals surface area contributed by atoms with Gasteiger partial charge in [-0.15, -0.1) is 0 Å². The van der Waals surface area contributed by atoms with Crippen molar-refractivity contribution < 1.29 is 4.79 Å². The molecule has 0 saturated heterocycles. The quantitative estimate of drug-likeness (QED) is 0.511. The smallest absolute Gasteiger partial charge is 0.317 e. The third-order valence-electron chi connectivity index (χ3n) is 2.18. The van der Waals surface area contributed by atoms with Crippen LogP contribution in [-0.4, -0.2) is 28.2 Å². The van der Waals surface area contributed by atoms with Gasteiger partial charge in [-0.2, -0.15) is 5.10 Å². The minimum absolute atomic E-state index is 0.0935. The first-order valence-electron chi connectivity index (χ1n) is 4.00. The first-order valence-corrected chi connectivity index (χ1v) is 4.00. The fourth-order valence-electron chi connectivity index (χ4n) is 1.46. The van der Waals surface area contributed by atoms with Gasteiger partial charge in [0.25, 0.3) is 0 Å². The second kappa shape index (κ2) is 2.65. The van der Waals surface area contributed by atoms with E-state index in [-0.39, 0.29) is 6.03 Å². The highest BCUT2D eigenvalue weighted by Crippen LogP contribution is 2.24. The standard InChI is InChI=1S/C7H11N5O/c1-9-7(13)12-2-4-5(3-12)10-11-6(4)8/h2-3H2,1H3,(H,9,13)(H3,8,10,11). The van der Waals surface area contributed by atoms with Crippen molar-refractivity contribution in [2.45, 2.75) is 13.1 Å². The van der Waals surface area contributed by atoms with Gasteiger partial charge in [0.05, 0.1) is 18.8 Å². The summed E-state index contributed by atoms with van der Waals surface area (Å²) in [7, 11) is 1.61. The Labute approximate surface area is 75.1 Å². The number of carbonyl (C=O) groups is 1. The Morgan fingerprint density at radius 1 is 1.69 bits per heavy atom. The highest BCUT2D eigenvalue weighted by atomic mass is 16.2. The minimum atomic E-state index is -0.0935. The molecular weight excluding hydrogens is 170 g/mol. The fraction of sp³-hybridized carbons (Fsp3) is 0.429. The van der Waals surface area contributed by atoms with Crippen molar-refractivity contribution in [3.05, 3.63) is 11.3 Å². The predicted octanol–water partition coefficient (Wildman–Crippen LogP) is -0.353. The molecule has 0 fully saturated rings. The number of anilines is 1. The molecule has 4 N–H and O–H groups in total. The molecule has 1 aliphatic rings. The number of rotatable bonds is 0. The Kier molecular flexibility index (Phi) is 1.61. The van der Waals surface area contributed by atoms with Crippen LogP contribution in [0, 0.1) is 0 Å². The lowest BCUT2D eigenvalue weighted by molar-refractivity contribution is 0.200. The molecule has 2 heterocycles. The molecule has 0 aromatic carbocycles.